The SMILES string of the molecule is CC(=O)c1cccc(NC(=O)COC(=O)c2ccc(N3C(=O)[C@H]4[C@H](C3=O)[C@H]3C=C[C@H]4C3)cc2)c1. The second kappa shape index (κ2) is 8.37. The Kier molecular flexibility index (Phi) is 5.36. The topological polar surface area (TPSA) is 110 Å². The first-order valence-corrected chi connectivity index (χ1v) is 11.1. The van der Waals surface area contributed by atoms with Crippen molar-refractivity contribution in [2.45, 2.75) is 13.3 Å². The molecular weight excluding hydrogens is 436 g/mol. The number of carbonyl (C=O) groups excluding carboxylic acids is 5. The van der Waals surface area contributed by atoms with Crippen LogP contribution in [0.3, 0.4) is 0 Å². The number of anilines is 2. The van der Waals surface area contributed by atoms with E-state index in [0.29, 0.717) is 16.9 Å². The van der Waals surface area contributed by atoms with Crippen LogP contribution in [0.1, 0.15) is 34.1 Å². The number of carbonyl (C=O) groups is 5. The van der Waals surface area contributed by atoms with E-state index in [1.165, 1.54) is 42.2 Å². The molecule has 4 atom stereocenters. The molecule has 2 fully saturated rings. The number of hydrogen-bond acceptors (Lipinski definition) is 6. The van der Waals surface area contributed by atoms with Crippen molar-refractivity contribution < 1.29 is 28.7 Å². The van der Waals surface area contributed by atoms with Crippen LogP contribution in [0.2, 0.25) is 0 Å². The van der Waals surface area contributed by atoms with Crippen LogP contribution < -0.4 is 10.2 Å². The quantitative estimate of drug-likeness (QED) is 0.308. The third-order valence-corrected chi connectivity index (χ3v) is 6.72. The highest BCUT2D eigenvalue weighted by atomic mass is 16.5. The summed E-state index contributed by atoms with van der Waals surface area (Å²) in [5.74, 6) is -2.09. The zero-order valence-corrected chi connectivity index (χ0v) is 18.4. The number of Topliss-reactive ketones (excluding diaryl/α,β-unsaturated/α-hetero) is 1. The number of esters is 1. The molecule has 1 heterocycles. The maximum atomic E-state index is 12.9. The Hall–Kier alpha value is -4.07. The summed E-state index contributed by atoms with van der Waals surface area (Å²) >= 11 is 0. The number of nitrogens with one attached hydrogen (secondary N) is 1. The lowest BCUT2D eigenvalue weighted by Gasteiger charge is -2.17. The van der Waals surface area contributed by atoms with E-state index in [0.717, 1.165) is 6.42 Å². The summed E-state index contributed by atoms with van der Waals surface area (Å²) in [4.78, 5) is 63.0. The largest absolute Gasteiger partial charge is 0.452 e. The number of imide groups is 1. The zero-order valence-electron chi connectivity index (χ0n) is 18.4. The number of nitrogens with zero attached hydrogens (tertiary/aromatic N) is 1. The molecule has 0 spiro atoms. The van der Waals surface area contributed by atoms with Gasteiger partial charge in [-0.3, -0.25) is 24.1 Å². The summed E-state index contributed by atoms with van der Waals surface area (Å²) in [5.41, 5.74) is 1.49. The molecule has 2 aromatic carbocycles. The number of hydrogen-bond donors (Lipinski definition) is 1. The molecule has 2 aromatic rings. The van der Waals surface area contributed by atoms with Crippen molar-refractivity contribution in [2.75, 3.05) is 16.8 Å². The fourth-order valence-electron chi connectivity index (χ4n) is 5.13. The number of amides is 3. The third-order valence-electron chi connectivity index (χ3n) is 6.72. The van der Waals surface area contributed by atoms with Crippen LogP contribution in [0.25, 0.3) is 0 Å². The first-order chi connectivity index (χ1) is 16.3. The number of ether oxygens (including phenoxy) is 1. The van der Waals surface area contributed by atoms with Crippen LogP contribution in [0, 0.1) is 23.7 Å². The molecule has 1 N–H and O–H groups in total. The van der Waals surface area contributed by atoms with Crippen LogP contribution in [0.4, 0.5) is 11.4 Å². The fraction of sp³-hybridized carbons (Fsp3) is 0.269. The molecular formula is C26H22N2O6. The molecule has 8 nitrogen and oxygen atoms in total. The van der Waals surface area contributed by atoms with E-state index in [-0.39, 0.29) is 46.8 Å². The lowest BCUT2D eigenvalue weighted by Crippen LogP contribution is -2.32. The summed E-state index contributed by atoms with van der Waals surface area (Å²) < 4.78 is 5.07. The van der Waals surface area contributed by atoms with E-state index in [1.54, 1.807) is 18.2 Å². The van der Waals surface area contributed by atoms with Crippen LogP contribution in [0.5, 0.6) is 0 Å². The molecule has 2 bridgehead atoms. The van der Waals surface area contributed by atoms with Crippen molar-refractivity contribution in [2.24, 2.45) is 23.7 Å². The van der Waals surface area contributed by atoms with Crippen molar-refractivity contribution >= 4 is 40.8 Å². The van der Waals surface area contributed by atoms with E-state index in [1.807, 2.05) is 12.2 Å². The van der Waals surface area contributed by atoms with Crippen LogP contribution >= 0.6 is 0 Å². The van der Waals surface area contributed by atoms with E-state index in [2.05, 4.69) is 5.32 Å². The summed E-state index contributed by atoms with van der Waals surface area (Å²) in [6.45, 7) is 0.920. The zero-order chi connectivity index (χ0) is 24.0. The molecule has 3 amide bonds. The van der Waals surface area contributed by atoms with Gasteiger partial charge >= 0.3 is 5.97 Å². The Balaban J connectivity index is 1.19. The van der Waals surface area contributed by atoms with E-state index in [4.69, 9.17) is 4.74 Å². The Morgan fingerprint density at radius 3 is 2.21 bits per heavy atom. The summed E-state index contributed by atoms with van der Waals surface area (Å²) in [5, 5.41) is 2.58. The van der Waals surface area contributed by atoms with Gasteiger partial charge in [-0.25, -0.2) is 4.79 Å². The van der Waals surface area contributed by atoms with Gasteiger partial charge in [-0.1, -0.05) is 24.3 Å². The van der Waals surface area contributed by atoms with Gasteiger partial charge in [-0.2, -0.15) is 0 Å². The van der Waals surface area contributed by atoms with Crippen molar-refractivity contribution in [1.29, 1.82) is 0 Å². The Morgan fingerprint density at radius 2 is 1.59 bits per heavy atom. The van der Waals surface area contributed by atoms with E-state index >= 15 is 0 Å². The number of benzene rings is 2. The Labute approximate surface area is 195 Å². The monoisotopic (exact) mass is 458 g/mol. The van der Waals surface area contributed by atoms with Crippen LogP contribution in [0.15, 0.2) is 60.7 Å². The molecule has 1 aliphatic heterocycles. The van der Waals surface area contributed by atoms with E-state index in [9.17, 15) is 24.0 Å². The van der Waals surface area contributed by atoms with Gasteiger partial charge < -0.3 is 10.1 Å². The number of rotatable bonds is 6. The minimum Gasteiger partial charge on any atom is -0.452 e. The third kappa shape index (κ3) is 3.71. The molecule has 0 unspecified atom stereocenters. The average molecular weight is 458 g/mol. The minimum atomic E-state index is -0.711. The average Bonchev–Trinajstić information content (AvgIpc) is 3.51. The molecule has 34 heavy (non-hydrogen) atoms. The van der Waals surface area contributed by atoms with Gasteiger partial charge in [0.1, 0.15) is 0 Å². The first kappa shape index (κ1) is 21.8. The van der Waals surface area contributed by atoms with Crippen LogP contribution in [-0.2, 0) is 19.1 Å². The fourth-order valence-corrected chi connectivity index (χ4v) is 5.13. The number of fused-ring (bicyclic) bond motifs is 5. The van der Waals surface area contributed by atoms with Crippen molar-refractivity contribution in [1.82, 2.24) is 0 Å². The Morgan fingerprint density at radius 1 is 0.941 bits per heavy atom. The standard InChI is InChI=1S/C26H22N2O6/c1-14(29)16-3-2-4-19(12-16)27-21(30)13-34-26(33)15-7-9-20(10-8-15)28-24(31)22-17-5-6-18(11-17)23(22)25(28)32/h2-10,12,17-18,22-23H,11,13H2,1H3,(H,27,30)/t17-,18-,22+,23+/m0/s1. The maximum Gasteiger partial charge on any atom is 0.338 e. The van der Waals surface area contributed by atoms with Gasteiger partial charge in [0, 0.05) is 11.3 Å². The number of ketones is 1. The van der Waals surface area contributed by atoms with Crippen molar-refractivity contribution in [3.05, 3.63) is 71.8 Å². The molecule has 0 aromatic heterocycles. The highest BCUT2D eigenvalue weighted by Crippen LogP contribution is 2.53. The molecule has 3 aliphatic rings. The predicted octanol–water partition coefficient (Wildman–Crippen LogP) is 3.00. The lowest BCUT2D eigenvalue weighted by atomic mass is 9.85. The van der Waals surface area contributed by atoms with Crippen LogP contribution in [-0.4, -0.2) is 36.1 Å². The Bertz CT molecular complexity index is 1220. The normalized spacial score (nSPS) is 24.3. The highest BCUT2D eigenvalue weighted by molar-refractivity contribution is 6.22. The summed E-state index contributed by atoms with van der Waals surface area (Å²) in [6.07, 6.45) is 4.94. The van der Waals surface area contributed by atoms with E-state index < -0.39 is 18.5 Å². The molecule has 2 aliphatic carbocycles. The van der Waals surface area contributed by atoms with Gasteiger partial charge in [-0.05, 0) is 61.6 Å². The summed E-state index contributed by atoms with van der Waals surface area (Å²) in [7, 11) is 0. The molecule has 1 saturated heterocycles. The molecule has 8 heteroatoms. The van der Waals surface area contributed by atoms with Gasteiger partial charge in [0.05, 0.1) is 23.1 Å². The van der Waals surface area contributed by atoms with Crippen molar-refractivity contribution in [3.8, 4) is 0 Å². The lowest BCUT2D eigenvalue weighted by molar-refractivity contribution is -0.123. The first-order valence-electron chi connectivity index (χ1n) is 11.1. The molecule has 1 saturated carbocycles. The molecule has 0 radical (unpaired) electrons. The van der Waals surface area contributed by atoms with Gasteiger partial charge in [0.25, 0.3) is 5.91 Å². The number of allylic oxidation sites excluding steroid dienone is 2. The minimum absolute atomic E-state index is 0.127. The second-order valence-electron chi connectivity index (χ2n) is 8.82. The van der Waals surface area contributed by atoms with Gasteiger partial charge in [0.2, 0.25) is 11.8 Å². The molecule has 172 valence electrons. The maximum absolute atomic E-state index is 12.9. The second-order valence-corrected chi connectivity index (χ2v) is 8.82. The molecule has 5 rings (SSSR count). The smallest absolute Gasteiger partial charge is 0.338 e. The van der Waals surface area contributed by atoms with Gasteiger partial charge in [0.15, 0.2) is 12.4 Å². The predicted molar refractivity (Wildman–Crippen MR) is 122 cm³/mol. The van der Waals surface area contributed by atoms with Crippen molar-refractivity contribution in [3.63, 3.8) is 0 Å². The highest BCUT2D eigenvalue weighted by Gasteiger charge is 2.59. The summed E-state index contributed by atoms with van der Waals surface area (Å²) in [6, 6.07) is 12.5. The van der Waals surface area contributed by atoms with Gasteiger partial charge in [-0.15, -0.1) is 0 Å².